The van der Waals surface area contributed by atoms with Gasteiger partial charge in [-0.2, -0.15) is 0 Å². The SMILES string of the molecule is O=C(CSC1CCCCC1)N1CCN(c2ccc([N+](=O)[O-])cc2)CC1. The van der Waals surface area contributed by atoms with Crippen LogP contribution in [0.3, 0.4) is 0 Å². The molecular weight excluding hydrogens is 338 g/mol. The van der Waals surface area contributed by atoms with E-state index in [4.69, 9.17) is 0 Å². The van der Waals surface area contributed by atoms with Gasteiger partial charge < -0.3 is 9.80 Å². The van der Waals surface area contributed by atoms with Gasteiger partial charge in [0.2, 0.25) is 5.91 Å². The van der Waals surface area contributed by atoms with Gasteiger partial charge in [0.05, 0.1) is 10.7 Å². The zero-order chi connectivity index (χ0) is 17.6. The third kappa shape index (κ3) is 4.87. The second kappa shape index (κ2) is 8.56. The molecule has 6 nitrogen and oxygen atoms in total. The summed E-state index contributed by atoms with van der Waals surface area (Å²) in [7, 11) is 0. The number of nitrogens with zero attached hydrogens (tertiary/aromatic N) is 3. The summed E-state index contributed by atoms with van der Waals surface area (Å²) in [5.41, 5.74) is 1.09. The molecule has 2 aliphatic rings. The van der Waals surface area contributed by atoms with Gasteiger partial charge in [-0.3, -0.25) is 14.9 Å². The molecule has 1 saturated heterocycles. The minimum atomic E-state index is -0.385. The van der Waals surface area contributed by atoms with E-state index in [0.29, 0.717) is 11.0 Å². The van der Waals surface area contributed by atoms with Crippen molar-refractivity contribution in [3.05, 3.63) is 34.4 Å². The zero-order valence-electron chi connectivity index (χ0n) is 14.4. The van der Waals surface area contributed by atoms with Crippen LogP contribution in [0.5, 0.6) is 0 Å². The molecule has 7 heteroatoms. The van der Waals surface area contributed by atoms with Gasteiger partial charge in [-0.25, -0.2) is 0 Å². The number of nitro benzene ring substituents is 1. The molecule has 1 amide bonds. The van der Waals surface area contributed by atoms with Gasteiger partial charge in [-0.15, -0.1) is 11.8 Å². The van der Waals surface area contributed by atoms with E-state index in [1.165, 1.54) is 44.2 Å². The molecule has 25 heavy (non-hydrogen) atoms. The lowest BCUT2D eigenvalue weighted by atomic mass is 10.0. The zero-order valence-corrected chi connectivity index (χ0v) is 15.2. The van der Waals surface area contributed by atoms with E-state index in [2.05, 4.69) is 4.90 Å². The minimum absolute atomic E-state index is 0.109. The number of carbonyl (C=O) groups is 1. The molecule has 1 aliphatic carbocycles. The summed E-state index contributed by atoms with van der Waals surface area (Å²) in [6.07, 6.45) is 6.47. The molecule has 0 bridgehead atoms. The molecule has 136 valence electrons. The van der Waals surface area contributed by atoms with Crippen LogP contribution in [0.15, 0.2) is 24.3 Å². The highest BCUT2D eigenvalue weighted by Crippen LogP contribution is 2.28. The van der Waals surface area contributed by atoms with E-state index in [9.17, 15) is 14.9 Å². The highest BCUT2D eigenvalue weighted by molar-refractivity contribution is 8.00. The van der Waals surface area contributed by atoms with E-state index < -0.39 is 0 Å². The summed E-state index contributed by atoms with van der Waals surface area (Å²) in [6, 6.07) is 6.64. The van der Waals surface area contributed by atoms with Crippen LogP contribution < -0.4 is 4.90 Å². The Hall–Kier alpha value is -1.76. The van der Waals surface area contributed by atoms with Crippen LogP contribution in [0.25, 0.3) is 0 Å². The lowest BCUT2D eigenvalue weighted by molar-refractivity contribution is -0.384. The maximum atomic E-state index is 12.4. The monoisotopic (exact) mass is 363 g/mol. The molecule has 0 unspecified atom stereocenters. The van der Waals surface area contributed by atoms with E-state index in [0.717, 1.165) is 31.9 Å². The van der Waals surface area contributed by atoms with Gasteiger partial charge in [0.1, 0.15) is 0 Å². The molecule has 1 aromatic rings. The van der Waals surface area contributed by atoms with E-state index in [1.807, 2.05) is 16.7 Å². The number of piperazine rings is 1. The van der Waals surface area contributed by atoms with Crippen LogP contribution in [-0.4, -0.2) is 52.9 Å². The second-order valence-corrected chi connectivity index (χ2v) is 8.00. The lowest BCUT2D eigenvalue weighted by Crippen LogP contribution is -2.49. The summed E-state index contributed by atoms with van der Waals surface area (Å²) < 4.78 is 0. The van der Waals surface area contributed by atoms with Gasteiger partial charge >= 0.3 is 0 Å². The van der Waals surface area contributed by atoms with Crippen LogP contribution in [0, 0.1) is 10.1 Å². The van der Waals surface area contributed by atoms with Crippen LogP contribution in [-0.2, 0) is 4.79 Å². The van der Waals surface area contributed by atoms with Crippen LogP contribution >= 0.6 is 11.8 Å². The van der Waals surface area contributed by atoms with Crippen molar-refractivity contribution in [1.82, 2.24) is 4.90 Å². The minimum Gasteiger partial charge on any atom is -0.368 e. The molecule has 0 radical (unpaired) electrons. The van der Waals surface area contributed by atoms with Gasteiger partial charge in [-0.1, -0.05) is 19.3 Å². The molecule has 1 aliphatic heterocycles. The Morgan fingerprint density at radius 1 is 1.08 bits per heavy atom. The predicted molar refractivity (Wildman–Crippen MR) is 101 cm³/mol. The molecule has 1 saturated carbocycles. The average Bonchev–Trinajstić information content (AvgIpc) is 2.67. The molecule has 3 rings (SSSR count). The van der Waals surface area contributed by atoms with Gasteiger partial charge in [0, 0.05) is 49.2 Å². The van der Waals surface area contributed by atoms with Gasteiger partial charge in [0.25, 0.3) is 5.69 Å². The first-order valence-electron chi connectivity index (χ1n) is 9.02. The van der Waals surface area contributed by atoms with Crippen molar-refractivity contribution in [2.24, 2.45) is 0 Å². The summed E-state index contributed by atoms with van der Waals surface area (Å²) in [5, 5.41) is 11.4. The number of amides is 1. The van der Waals surface area contributed by atoms with Crippen LogP contribution in [0.2, 0.25) is 0 Å². The molecule has 0 spiro atoms. The first kappa shape index (κ1) is 18.0. The fourth-order valence-electron chi connectivity index (χ4n) is 3.51. The first-order valence-corrected chi connectivity index (χ1v) is 10.1. The fraction of sp³-hybridized carbons (Fsp3) is 0.611. The summed E-state index contributed by atoms with van der Waals surface area (Å²) >= 11 is 1.83. The molecule has 0 aromatic heterocycles. The van der Waals surface area contributed by atoms with Gasteiger partial charge in [0.15, 0.2) is 0 Å². The standard InChI is InChI=1S/C18H25N3O3S/c22-18(14-25-17-4-2-1-3-5-17)20-12-10-19(11-13-20)15-6-8-16(9-7-15)21(23)24/h6-9,17H,1-5,10-14H2. The lowest BCUT2D eigenvalue weighted by Gasteiger charge is -2.36. The van der Waals surface area contributed by atoms with Crippen molar-refractivity contribution in [1.29, 1.82) is 0 Å². The summed E-state index contributed by atoms with van der Waals surface area (Å²) in [5.74, 6) is 0.848. The predicted octanol–water partition coefficient (Wildman–Crippen LogP) is 3.31. The van der Waals surface area contributed by atoms with Crippen LogP contribution in [0.1, 0.15) is 32.1 Å². The fourth-order valence-corrected chi connectivity index (χ4v) is 4.74. The van der Waals surface area contributed by atoms with Crippen LogP contribution in [0.4, 0.5) is 11.4 Å². The normalized spacial score (nSPS) is 19.0. The number of hydrogen-bond donors (Lipinski definition) is 0. The number of hydrogen-bond acceptors (Lipinski definition) is 5. The smallest absolute Gasteiger partial charge is 0.269 e. The Morgan fingerprint density at radius 2 is 1.72 bits per heavy atom. The highest BCUT2D eigenvalue weighted by Gasteiger charge is 2.23. The third-order valence-corrected chi connectivity index (χ3v) is 6.41. The number of nitro groups is 1. The molecule has 0 N–H and O–H groups in total. The van der Waals surface area contributed by atoms with Gasteiger partial charge in [-0.05, 0) is 25.0 Å². The third-order valence-electron chi connectivity index (χ3n) is 5.05. The Bertz CT molecular complexity index is 594. The highest BCUT2D eigenvalue weighted by atomic mass is 32.2. The molecular formula is C18H25N3O3S. The molecule has 0 atom stereocenters. The molecule has 2 fully saturated rings. The number of carbonyl (C=O) groups excluding carboxylic acids is 1. The maximum Gasteiger partial charge on any atom is 0.269 e. The Labute approximate surface area is 152 Å². The Kier molecular flexibility index (Phi) is 6.18. The van der Waals surface area contributed by atoms with E-state index in [1.54, 1.807) is 12.1 Å². The van der Waals surface area contributed by atoms with E-state index in [-0.39, 0.29) is 16.5 Å². The van der Waals surface area contributed by atoms with Crippen molar-refractivity contribution in [2.45, 2.75) is 37.4 Å². The first-order chi connectivity index (χ1) is 12.1. The maximum absolute atomic E-state index is 12.4. The number of anilines is 1. The van der Waals surface area contributed by atoms with E-state index >= 15 is 0 Å². The number of benzene rings is 1. The Morgan fingerprint density at radius 3 is 2.32 bits per heavy atom. The summed E-state index contributed by atoms with van der Waals surface area (Å²) in [4.78, 5) is 26.9. The molecule has 1 aromatic carbocycles. The average molecular weight is 363 g/mol. The number of thioether (sulfide) groups is 1. The summed E-state index contributed by atoms with van der Waals surface area (Å²) in [6.45, 7) is 3.00. The Balaban J connectivity index is 1.44. The molecule has 1 heterocycles. The topological polar surface area (TPSA) is 66.7 Å². The second-order valence-electron chi connectivity index (χ2n) is 6.71. The number of non-ortho nitro benzene ring substituents is 1. The van der Waals surface area contributed by atoms with Crippen molar-refractivity contribution in [3.63, 3.8) is 0 Å². The van der Waals surface area contributed by atoms with Crippen molar-refractivity contribution in [2.75, 3.05) is 36.8 Å². The van der Waals surface area contributed by atoms with Crippen molar-refractivity contribution < 1.29 is 9.72 Å². The van der Waals surface area contributed by atoms with Crippen molar-refractivity contribution in [3.8, 4) is 0 Å². The quantitative estimate of drug-likeness (QED) is 0.593. The number of rotatable bonds is 5. The van der Waals surface area contributed by atoms with Crippen molar-refractivity contribution >= 4 is 29.0 Å². The largest absolute Gasteiger partial charge is 0.368 e.